The van der Waals surface area contributed by atoms with Crippen molar-refractivity contribution in [2.24, 2.45) is 4.99 Å². The van der Waals surface area contributed by atoms with Gasteiger partial charge in [0.2, 0.25) is 0 Å². The maximum atomic E-state index is 11.1. The van der Waals surface area contributed by atoms with E-state index in [1.165, 1.54) is 12.4 Å². The Bertz CT molecular complexity index is 737. The third-order valence-corrected chi connectivity index (χ3v) is 3.11. The van der Waals surface area contributed by atoms with Crippen LogP contribution >= 0.6 is 0 Å². The first-order valence-corrected chi connectivity index (χ1v) is 7.05. The molecule has 0 spiro atoms. The van der Waals surface area contributed by atoms with Crippen LogP contribution in [0.25, 0.3) is 0 Å². The molecule has 24 heavy (non-hydrogen) atoms. The molecule has 2 aromatic carbocycles. The van der Waals surface area contributed by atoms with Crippen LogP contribution in [0, 0.1) is 10.1 Å². The molecular formula is C17H17N3O4. The number of aliphatic imine (C=N–C) groups is 1. The van der Waals surface area contributed by atoms with Crippen molar-refractivity contribution in [2.75, 3.05) is 19.5 Å². The maximum Gasteiger partial charge on any atom is 0.303 e. The maximum absolute atomic E-state index is 11.1. The van der Waals surface area contributed by atoms with Gasteiger partial charge in [0.05, 0.1) is 31.0 Å². The average molecular weight is 327 g/mol. The Morgan fingerprint density at radius 1 is 1.04 bits per heavy atom. The van der Waals surface area contributed by atoms with Crippen molar-refractivity contribution in [2.45, 2.75) is 0 Å². The van der Waals surface area contributed by atoms with E-state index in [-0.39, 0.29) is 5.70 Å². The molecule has 0 amide bonds. The normalized spacial score (nSPS) is 11.3. The van der Waals surface area contributed by atoms with E-state index >= 15 is 0 Å². The molecule has 0 aliphatic heterocycles. The summed E-state index contributed by atoms with van der Waals surface area (Å²) in [6.07, 6.45) is 2.48. The van der Waals surface area contributed by atoms with Crippen LogP contribution < -0.4 is 14.8 Å². The largest absolute Gasteiger partial charge is 0.497 e. The quantitative estimate of drug-likeness (QED) is 0.477. The van der Waals surface area contributed by atoms with Gasteiger partial charge >= 0.3 is 5.70 Å². The van der Waals surface area contributed by atoms with Crippen molar-refractivity contribution in [3.63, 3.8) is 0 Å². The second-order valence-corrected chi connectivity index (χ2v) is 4.66. The molecule has 7 nitrogen and oxygen atoms in total. The Balaban J connectivity index is 2.09. The summed E-state index contributed by atoms with van der Waals surface area (Å²) in [6, 6.07) is 13.9. The minimum Gasteiger partial charge on any atom is -0.497 e. The van der Waals surface area contributed by atoms with Crippen LogP contribution in [-0.2, 0) is 0 Å². The van der Waals surface area contributed by atoms with Crippen LogP contribution in [0.1, 0.15) is 0 Å². The fraction of sp³-hybridized carbons (Fsp3) is 0.118. The van der Waals surface area contributed by atoms with Crippen LogP contribution in [0.2, 0.25) is 0 Å². The number of hydrogen-bond donors (Lipinski definition) is 1. The molecule has 2 aromatic rings. The third kappa shape index (κ3) is 4.84. The van der Waals surface area contributed by atoms with Crippen molar-refractivity contribution in [1.82, 2.24) is 0 Å². The minimum absolute atomic E-state index is 0.165. The Kier molecular flexibility index (Phi) is 5.90. The lowest BCUT2D eigenvalue weighted by Crippen LogP contribution is -2.03. The zero-order chi connectivity index (χ0) is 17.4. The van der Waals surface area contributed by atoms with Crippen molar-refractivity contribution >= 4 is 17.6 Å². The summed E-state index contributed by atoms with van der Waals surface area (Å²) in [6.45, 7) is 0. The van der Waals surface area contributed by atoms with Crippen molar-refractivity contribution in [1.29, 1.82) is 0 Å². The Morgan fingerprint density at radius 2 is 1.58 bits per heavy atom. The molecule has 7 heteroatoms. The first-order chi connectivity index (χ1) is 11.6. The van der Waals surface area contributed by atoms with Gasteiger partial charge in [0.1, 0.15) is 17.7 Å². The number of nitro groups is 1. The molecule has 0 unspecified atom stereocenters. The minimum atomic E-state index is -0.510. The third-order valence-electron chi connectivity index (χ3n) is 3.11. The van der Waals surface area contributed by atoms with Gasteiger partial charge in [-0.25, -0.2) is 4.99 Å². The summed E-state index contributed by atoms with van der Waals surface area (Å²) in [5, 5.41) is 14.0. The van der Waals surface area contributed by atoms with Crippen LogP contribution in [0.15, 0.2) is 65.4 Å². The summed E-state index contributed by atoms with van der Waals surface area (Å²) in [5.41, 5.74) is 1.13. The lowest BCUT2D eigenvalue weighted by molar-refractivity contribution is -0.414. The summed E-state index contributed by atoms with van der Waals surface area (Å²) in [7, 11) is 3.14. The molecule has 0 radical (unpaired) electrons. The number of benzene rings is 2. The molecular weight excluding hydrogens is 310 g/mol. The van der Waals surface area contributed by atoms with Crippen LogP contribution in [0.4, 0.5) is 11.4 Å². The first-order valence-electron chi connectivity index (χ1n) is 7.05. The van der Waals surface area contributed by atoms with Crippen LogP contribution in [0.3, 0.4) is 0 Å². The molecule has 0 saturated carbocycles. The second-order valence-electron chi connectivity index (χ2n) is 4.66. The van der Waals surface area contributed by atoms with Crippen LogP contribution in [-0.4, -0.2) is 25.4 Å². The highest BCUT2D eigenvalue weighted by atomic mass is 16.6. The fourth-order valence-electron chi connectivity index (χ4n) is 1.79. The van der Waals surface area contributed by atoms with E-state index in [4.69, 9.17) is 9.47 Å². The molecule has 0 bridgehead atoms. The monoisotopic (exact) mass is 327 g/mol. The fourth-order valence-corrected chi connectivity index (χ4v) is 1.79. The number of nitrogens with zero attached hydrogens (tertiary/aromatic N) is 2. The van der Waals surface area contributed by atoms with Gasteiger partial charge in [-0.2, -0.15) is 0 Å². The number of methoxy groups -OCH3 is 2. The van der Waals surface area contributed by atoms with Gasteiger partial charge in [0, 0.05) is 5.69 Å². The number of nitrogens with one attached hydrogen (secondary N) is 1. The van der Waals surface area contributed by atoms with E-state index in [0.29, 0.717) is 22.9 Å². The van der Waals surface area contributed by atoms with E-state index < -0.39 is 4.92 Å². The number of allylic oxidation sites excluding steroid dienone is 1. The number of ether oxygens (including phenoxy) is 2. The first kappa shape index (κ1) is 17.0. The molecule has 0 aliphatic rings. The highest BCUT2D eigenvalue weighted by molar-refractivity contribution is 5.78. The lowest BCUT2D eigenvalue weighted by atomic mass is 10.3. The summed E-state index contributed by atoms with van der Waals surface area (Å²) in [4.78, 5) is 14.7. The van der Waals surface area contributed by atoms with Gasteiger partial charge in [-0.3, -0.25) is 10.1 Å². The molecule has 0 atom stereocenters. The number of rotatable bonds is 7. The van der Waals surface area contributed by atoms with E-state index in [2.05, 4.69) is 10.3 Å². The van der Waals surface area contributed by atoms with Crippen molar-refractivity contribution < 1.29 is 14.4 Å². The molecule has 124 valence electrons. The number of anilines is 1. The Labute approximate surface area is 139 Å². The molecule has 0 saturated heterocycles. The zero-order valence-corrected chi connectivity index (χ0v) is 13.3. The SMILES string of the molecule is COc1ccc(N=C/C(=C\Nc2ccc(OC)cc2)[N+](=O)[O-])cc1. The summed E-state index contributed by atoms with van der Waals surface area (Å²) >= 11 is 0. The van der Waals surface area contributed by atoms with Gasteiger partial charge in [-0.05, 0) is 48.5 Å². The smallest absolute Gasteiger partial charge is 0.303 e. The Hall–Kier alpha value is -3.35. The highest BCUT2D eigenvalue weighted by Gasteiger charge is 2.07. The molecule has 0 heterocycles. The van der Waals surface area contributed by atoms with Crippen LogP contribution in [0.5, 0.6) is 11.5 Å². The predicted molar refractivity (Wildman–Crippen MR) is 92.8 cm³/mol. The average Bonchev–Trinajstić information content (AvgIpc) is 2.62. The van der Waals surface area contributed by atoms with Crippen molar-refractivity contribution in [3.8, 4) is 11.5 Å². The second kappa shape index (κ2) is 8.33. The molecule has 0 aliphatic carbocycles. The topological polar surface area (TPSA) is 86.0 Å². The molecule has 0 aromatic heterocycles. The van der Waals surface area contributed by atoms with Gasteiger partial charge in [-0.1, -0.05) is 0 Å². The molecule has 2 rings (SSSR count). The lowest BCUT2D eigenvalue weighted by Gasteiger charge is -2.02. The standard InChI is InChI=1S/C17H17N3O4/c1-23-16-7-3-13(4-8-16)18-11-15(20(21)22)12-19-14-5-9-17(24-2)10-6-14/h3-12,18H,1-2H3/b15-11+,19-12?. The highest BCUT2D eigenvalue weighted by Crippen LogP contribution is 2.18. The summed E-state index contributed by atoms with van der Waals surface area (Å²) < 4.78 is 10.1. The zero-order valence-electron chi connectivity index (χ0n) is 13.3. The van der Waals surface area contributed by atoms with E-state index in [9.17, 15) is 10.1 Å². The molecule has 0 fully saturated rings. The Morgan fingerprint density at radius 3 is 2.08 bits per heavy atom. The van der Waals surface area contributed by atoms with Crippen molar-refractivity contribution in [3.05, 3.63) is 70.5 Å². The van der Waals surface area contributed by atoms with E-state index in [1.807, 2.05) is 0 Å². The van der Waals surface area contributed by atoms with Gasteiger partial charge in [0.25, 0.3) is 0 Å². The summed E-state index contributed by atoms with van der Waals surface area (Å²) in [5.74, 6) is 1.40. The number of hydrogen-bond acceptors (Lipinski definition) is 6. The van der Waals surface area contributed by atoms with Gasteiger partial charge in [0.15, 0.2) is 0 Å². The van der Waals surface area contributed by atoms with Gasteiger partial charge < -0.3 is 14.8 Å². The molecule has 1 N–H and O–H groups in total. The predicted octanol–water partition coefficient (Wildman–Crippen LogP) is 3.64. The van der Waals surface area contributed by atoms with E-state index in [0.717, 1.165) is 0 Å². The van der Waals surface area contributed by atoms with E-state index in [1.54, 1.807) is 62.8 Å². The van der Waals surface area contributed by atoms with Gasteiger partial charge in [-0.15, -0.1) is 0 Å².